The third-order valence-electron chi connectivity index (χ3n) is 5.23. The van der Waals surface area contributed by atoms with Crippen LogP contribution in [0.25, 0.3) is 21.5 Å². The van der Waals surface area contributed by atoms with Crippen molar-refractivity contribution in [3.05, 3.63) is 103 Å². The summed E-state index contributed by atoms with van der Waals surface area (Å²) in [4.78, 5) is 33.3. The lowest BCUT2D eigenvalue weighted by Crippen LogP contribution is -2.26. The summed E-state index contributed by atoms with van der Waals surface area (Å²) in [6.07, 6.45) is 0.505. The van der Waals surface area contributed by atoms with Crippen LogP contribution in [0.2, 0.25) is 5.02 Å². The molecule has 4 aromatic rings. The summed E-state index contributed by atoms with van der Waals surface area (Å²) in [6.45, 7) is 0.237. The number of amides is 1. The molecule has 0 bridgehead atoms. The molecule has 0 aliphatic rings. The van der Waals surface area contributed by atoms with Crippen LogP contribution in [-0.2, 0) is 6.42 Å². The fraction of sp³-hybridized carbons (Fsp3) is 0.0870. The topological polar surface area (TPSA) is 115 Å². The molecular weight excluding hydrogens is 434 g/mol. The number of nitro benzene ring substituents is 2. The van der Waals surface area contributed by atoms with Crippen molar-refractivity contribution in [2.45, 2.75) is 6.42 Å². The number of nitrogens with one attached hydrogen (secondary N) is 1. The van der Waals surface area contributed by atoms with Crippen LogP contribution in [0.3, 0.4) is 0 Å². The van der Waals surface area contributed by atoms with E-state index in [2.05, 4.69) is 11.4 Å². The number of carbonyl (C=O) groups is 1. The van der Waals surface area contributed by atoms with Crippen LogP contribution in [0.5, 0.6) is 0 Å². The Morgan fingerprint density at radius 3 is 1.84 bits per heavy atom. The maximum atomic E-state index is 12.6. The average molecular weight is 450 g/mol. The molecule has 0 unspecified atom stereocenters. The molecule has 0 heterocycles. The molecular formula is C23H16ClN3O5. The second kappa shape index (κ2) is 8.60. The van der Waals surface area contributed by atoms with E-state index in [1.807, 2.05) is 48.5 Å². The highest BCUT2D eigenvalue weighted by Gasteiger charge is 2.27. The smallest absolute Gasteiger partial charge is 0.295 e. The van der Waals surface area contributed by atoms with E-state index in [1.54, 1.807) is 0 Å². The van der Waals surface area contributed by atoms with Crippen molar-refractivity contribution >= 4 is 50.4 Å². The first-order chi connectivity index (χ1) is 15.4. The van der Waals surface area contributed by atoms with E-state index in [9.17, 15) is 25.0 Å². The van der Waals surface area contributed by atoms with E-state index in [4.69, 9.17) is 11.6 Å². The van der Waals surface area contributed by atoms with Gasteiger partial charge in [0.1, 0.15) is 0 Å². The van der Waals surface area contributed by atoms with E-state index in [0.717, 1.165) is 39.2 Å². The average Bonchev–Trinajstić information content (AvgIpc) is 2.78. The van der Waals surface area contributed by atoms with Crippen molar-refractivity contribution in [1.29, 1.82) is 0 Å². The van der Waals surface area contributed by atoms with Gasteiger partial charge in [0.05, 0.1) is 15.4 Å². The minimum absolute atomic E-state index is 0.199. The summed E-state index contributed by atoms with van der Waals surface area (Å²) in [5, 5.41) is 28.8. The fourth-order valence-electron chi connectivity index (χ4n) is 3.77. The number of hydrogen-bond donors (Lipinski definition) is 1. The molecule has 160 valence electrons. The van der Waals surface area contributed by atoms with E-state index in [0.29, 0.717) is 6.42 Å². The lowest BCUT2D eigenvalue weighted by Gasteiger charge is -2.12. The van der Waals surface area contributed by atoms with E-state index < -0.39 is 32.2 Å². The first kappa shape index (κ1) is 21.2. The maximum absolute atomic E-state index is 12.6. The van der Waals surface area contributed by atoms with Gasteiger partial charge in [0.2, 0.25) is 0 Å². The van der Waals surface area contributed by atoms with Crippen molar-refractivity contribution < 1.29 is 14.6 Å². The Bertz CT molecular complexity index is 1310. The summed E-state index contributed by atoms with van der Waals surface area (Å²) in [7, 11) is 0. The Hall–Kier alpha value is -4.04. The van der Waals surface area contributed by atoms with Crippen molar-refractivity contribution in [2.24, 2.45) is 0 Å². The number of nitrogens with zero attached hydrogens (tertiary/aromatic N) is 2. The Labute approximate surface area is 186 Å². The van der Waals surface area contributed by atoms with Gasteiger partial charge in [-0.15, -0.1) is 0 Å². The molecule has 1 amide bonds. The minimum atomic E-state index is -0.853. The Kier molecular flexibility index (Phi) is 5.70. The van der Waals surface area contributed by atoms with Crippen LogP contribution in [0, 0.1) is 20.2 Å². The number of benzene rings is 4. The van der Waals surface area contributed by atoms with Crippen LogP contribution >= 0.6 is 11.6 Å². The highest BCUT2D eigenvalue weighted by Crippen LogP contribution is 2.35. The molecule has 1 N–H and O–H groups in total. The first-order valence-corrected chi connectivity index (χ1v) is 10.0. The molecule has 0 saturated carbocycles. The molecule has 0 radical (unpaired) electrons. The van der Waals surface area contributed by atoms with E-state index in [1.165, 1.54) is 0 Å². The van der Waals surface area contributed by atoms with Gasteiger partial charge in [-0.2, -0.15) is 0 Å². The zero-order chi connectivity index (χ0) is 22.8. The zero-order valence-corrected chi connectivity index (χ0v) is 17.3. The number of hydrogen-bond acceptors (Lipinski definition) is 5. The number of carbonyl (C=O) groups excluding carboxylic acids is 1. The van der Waals surface area contributed by atoms with Gasteiger partial charge in [-0.3, -0.25) is 25.0 Å². The monoisotopic (exact) mass is 449 g/mol. The van der Waals surface area contributed by atoms with Crippen molar-refractivity contribution in [2.75, 3.05) is 6.54 Å². The summed E-state index contributed by atoms with van der Waals surface area (Å²) < 4.78 is 0. The maximum Gasteiger partial charge on any atom is 0.295 e. The van der Waals surface area contributed by atoms with Gasteiger partial charge < -0.3 is 5.32 Å². The van der Waals surface area contributed by atoms with Crippen LogP contribution < -0.4 is 5.32 Å². The molecule has 32 heavy (non-hydrogen) atoms. The zero-order valence-electron chi connectivity index (χ0n) is 16.6. The molecule has 0 saturated heterocycles. The van der Waals surface area contributed by atoms with Crippen LogP contribution in [0.1, 0.15) is 15.9 Å². The molecule has 0 aromatic heterocycles. The van der Waals surface area contributed by atoms with Gasteiger partial charge in [0.25, 0.3) is 17.3 Å². The molecule has 8 nitrogen and oxygen atoms in total. The molecule has 4 rings (SSSR count). The molecule has 0 aliphatic heterocycles. The number of rotatable bonds is 6. The standard InChI is InChI=1S/C23H16ClN3O5/c24-22-20(26(29)30)12-16(13-21(22)27(31)32)23(28)25-10-9-19-17-7-3-1-5-14(17)11-15-6-2-4-8-18(15)19/h1-8,11-13H,9-10H2,(H,25,28). The summed E-state index contributed by atoms with van der Waals surface area (Å²) >= 11 is 5.76. The SMILES string of the molecule is O=C(NCCc1c2ccccc2cc2ccccc12)c1cc([N+](=O)[O-])c(Cl)c([N+](=O)[O-])c1. The molecule has 4 aromatic carbocycles. The largest absolute Gasteiger partial charge is 0.352 e. The van der Waals surface area contributed by atoms with Gasteiger partial charge >= 0.3 is 0 Å². The predicted molar refractivity (Wildman–Crippen MR) is 122 cm³/mol. The Balaban J connectivity index is 1.62. The normalized spacial score (nSPS) is 10.9. The van der Waals surface area contributed by atoms with E-state index >= 15 is 0 Å². The number of nitro groups is 2. The van der Waals surface area contributed by atoms with Gasteiger partial charge in [0, 0.05) is 18.7 Å². The second-order valence-corrected chi connectivity index (χ2v) is 7.52. The highest BCUT2D eigenvalue weighted by atomic mass is 35.5. The second-order valence-electron chi connectivity index (χ2n) is 7.15. The van der Waals surface area contributed by atoms with E-state index in [-0.39, 0.29) is 12.1 Å². The lowest BCUT2D eigenvalue weighted by atomic mass is 9.95. The van der Waals surface area contributed by atoms with Crippen molar-refractivity contribution in [3.8, 4) is 0 Å². The van der Waals surface area contributed by atoms with Gasteiger partial charge in [-0.05, 0) is 39.6 Å². The highest BCUT2D eigenvalue weighted by molar-refractivity contribution is 6.35. The van der Waals surface area contributed by atoms with Crippen molar-refractivity contribution in [3.63, 3.8) is 0 Å². The minimum Gasteiger partial charge on any atom is -0.352 e. The Morgan fingerprint density at radius 2 is 1.34 bits per heavy atom. The molecule has 0 atom stereocenters. The van der Waals surface area contributed by atoms with Gasteiger partial charge in [0.15, 0.2) is 5.02 Å². The molecule has 9 heteroatoms. The third-order valence-corrected chi connectivity index (χ3v) is 5.62. The van der Waals surface area contributed by atoms with Gasteiger partial charge in [-0.1, -0.05) is 60.1 Å². The van der Waals surface area contributed by atoms with Crippen LogP contribution in [-0.4, -0.2) is 22.3 Å². The number of fused-ring (bicyclic) bond motifs is 2. The van der Waals surface area contributed by atoms with Gasteiger partial charge in [-0.25, -0.2) is 0 Å². The Morgan fingerprint density at radius 1 is 0.844 bits per heavy atom. The molecule has 0 aliphatic carbocycles. The van der Waals surface area contributed by atoms with Crippen LogP contribution in [0.4, 0.5) is 11.4 Å². The number of halogens is 1. The fourth-order valence-corrected chi connectivity index (χ4v) is 4.02. The first-order valence-electron chi connectivity index (χ1n) is 9.66. The summed E-state index contributed by atoms with van der Waals surface area (Å²) in [5.41, 5.74) is -0.514. The predicted octanol–water partition coefficient (Wildman–Crippen LogP) is 5.44. The summed E-state index contributed by atoms with van der Waals surface area (Å²) in [5.74, 6) is -0.655. The third kappa shape index (κ3) is 3.95. The molecule has 0 spiro atoms. The lowest BCUT2D eigenvalue weighted by molar-refractivity contribution is -0.393. The summed E-state index contributed by atoms with van der Waals surface area (Å²) in [6, 6.07) is 19.9. The molecule has 0 fully saturated rings. The quantitative estimate of drug-likeness (QED) is 0.239. The van der Waals surface area contributed by atoms with Crippen LogP contribution in [0.15, 0.2) is 66.7 Å². The van der Waals surface area contributed by atoms with Crippen molar-refractivity contribution in [1.82, 2.24) is 5.32 Å².